The van der Waals surface area contributed by atoms with Gasteiger partial charge >= 0.3 is 0 Å². The van der Waals surface area contributed by atoms with Crippen LogP contribution in [-0.2, 0) is 6.54 Å². The van der Waals surface area contributed by atoms with Crippen LogP contribution in [0.25, 0.3) is 0 Å². The predicted molar refractivity (Wildman–Crippen MR) is 67.3 cm³/mol. The van der Waals surface area contributed by atoms with E-state index in [9.17, 15) is 4.79 Å². The number of amides is 1. The van der Waals surface area contributed by atoms with Crippen LogP contribution in [0.4, 0.5) is 0 Å². The van der Waals surface area contributed by atoms with Crippen molar-refractivity contribution >= 4 is 28.8 Å². The van der Waals surface area contributed by atoms with E-state index < -0.39 is 0 Å². The number of halogens is 1. The zero-order valence-electron chi connectivity index (χ0n) is 9.11. The summed E-state index contributed by atoms with van der Waals surface area (Å²) in [6.07, 6.45) is 0. The Morgan fingerprint density at radius 1 is 1.35 bits per heavy atom. The maximum absolute atomic E-state index is 11.6. The number of carbonyl (C=O) groups excluding carboxylic acids is 1. The first kappa shape index (κ1) is 12.0. The smallest absolute Gasteiger partial charge is 0.282 e. The second kappa shape index (κ2) is 5.25. The first-order valence-corrected chi connectivity index (χ1v) is 6.17. The number of carbonyl (C=O) groups is 1. The standard InChI is InChI=1S/C11H10ClN3OS/c1-7-2-4-8(5-3-7)6-13-9(16)10-14-15-11(12)17-10/h2-5H,6H2,1H3,(H,13,16). The molecule has 2 aromatic rings. The lowest BCUT2D eigenvalue weighted by atomic mass is 10.1. The molecule has 1 aromatic heterocycles. The van der Waals surface area contributed by atoms with Crippen LogP contribution in [-0.4, -0.2) is 16.1 Å². The van der Waals surface area contributed by atoms with Gasteiger partial charge in [-0.1, -0.05) is 41.2 Å². The maximum atomic E-state index is 11.6. The number of rotatable bonds is 3. The molecule has 0 aliphatic rings. The molecule has 6 heteroatoms. The van der Waals surface area contributed by atoms with Crippen molar-refractivity contribution in [1.29, 1.82) is 0 Å². The van der Waals surface area contributed by atoms with Crippen LogP contribution < -0.4 is 5.32 Å². The fraction of sp³-hybridized carbons (Fsp3) is 0.182. The summed E-state index contributed by atoms with van der Waals surface area (Å²) < 4.78 is 0.269. The summed E-state index contributed by atoms with van der Waals surface area (Å²) in [5, 5.41) is 10.3. The molecule has 1 heterocycles. The molecule has 17 heavy (non-hydrogen) atoms. The summed E-state index contributed by atoms with van der Waals surface area (Å²) in [6.45, 7) is 2.49. The lowest BCUT2D eigenvalue weighted by molar-refractivity contribution is 0.0950. The van der Waals surface area contributed by atoms with Crippen LogP contribution in [0.2, 0.25) is 4.47 Å². The average molecular weight is 268 g/mol. The Hall–Kier alpha value is -1.46. The number of nitrogens with zero attached hydrogens (tertiary/aromatic N) is 2. The van der Waals surface area contributed by atoms with Crippen molar-refractivity contribution in [2.75, 3.05) is 0 Å². The molecular weight excluding hydrogens is 258 g/mol. The molecule has 0 bridgehead atoms. The number of benzene rings is 1. The third-order valence-corrected chi connectivity index (χ3v) is 3.19. The molecule has 0 aliphatic heterocycles. The van der Waals surface area contributed by atoms with Gasteiger partial charge in [-0.3, -0.25) is 4.79 Å². The molecule has 0 saturated carbocycles. The molecule has 0 saturated heterocycles. The SMILES string of the molecule is Cc1ccc(CNC(=O)c2nnc(Cl)s2)cc1. The molecule has 4 nitrogen and oxygen atoms in total. The van der Waals surface area contributed by atoms with Gasteiger partial charge < -0.3 is 5.32 Å². The van der Waals surface area contributed by atoms with Gasteiger partial charge in [0.15, 0.2) is 0 Å². The summed E-state index contributed by atoms with van der Waals surface area (Å²) in [4.78, 5) is 11.6. The van der Waals surface area contributed by atoms with Crippen LogP contribution in [0.15, 0.2) is 24.3 Å². The second-order valence-corrected chi connectivity index (χ2v) is 5.09. The summed E-state index contributed by atoms with van der Waals surface area (Å²) in [5.74, 6) is -0.255. The molecular formula is C11H10ClN3OS. The van der Waals surface area contributed by atoms with Crippen LogP contribution in [0, 0.1) is 6.92 Å². The molecule has 2 rings (SSSR count). The highest BCUT2D eigenvalue weighted by molar-refractivity contribution is 7.17. The summed E-state index contributed by atoms with van der Waals surface area (Å²) in [5.41, 5.74) is 2.23. The Morgan fingerprint density at radius 3 is 2.65 bits per heavy atom. The van der Waals surface area contributed by atoms with E-state index in [-0.39, 0.29) is 15.4 Å². The molecule has 1 amide bonds. The minimum Gasteiger partial charge on any atom is -0.346 e. The summed E-state index contributed by atoms with van der Waals surface area (Å²) in [7, 11) is 0. The fourth-order valence-corrected chi connectivity index (χ4v) is 2.01. The first-order chi connectivity index (χ1) is 8.15. The average Bonchev–Trinajstić information content (AvgIpc) is 2.75. The van der Waals surface area contributed by atoms with E-state index in [1.807, 2.05) is 31.2 Å². The van der Waals surface area contributed by atoms with E-state index >= 15 is 0 Å². The Balaban J connectivity index is 1.94. The highest BCUT2D eigenvalue weighted by Gasteiger charge is 2.11. The van der Waals surface area contributed by atoms with Crippen molar-refractivity contribution in [3.8, 4) is 0 Å². The topological polar surface area (TPSA) is 54.9 Å². The molecule has 0 radical (unpaired) electrons. The summed E-state index contributed by atoms with van der Waals surface area (Å²) >= 11 is 6.67. The van der Waals surface area contributed by atoms with Gasteiger partial charge in [-0.25, -0.2) is 0 Å². The van der Waals surface area contributed by atoms with Gasteiger partial charge in [-0.05, 0) is 24.1 Å². The number of nitrogens with one attached hydrogen (secondary N) is 1. The van der Waals surface area contributed by atoms with Crippen LogP contribution >= 0.6 is 22.9 Å². The van der Waals surface area contributed by atoms with Crippen molar-refractivity contribution in [1.82, 2.24) is 15.5 Å². The highest BCUT2D eigenvalue weighted by atomic mass is 35.5. The van der Waals surface area contributed by atoms with Crippen LogP contribution in [0.1, 0.15) is 20.9 Å². The molecule has 0 atom stereocenters. The van der Waals surface area contributed by atoms with Crippen molar-refractivity contribution in [2.24, 2.45) is 0 Å². The molecule has 0 unspecified atom stereocenters. The third-order valence-electron chi connectivity index (χ3n) is 2.17. The third kappa shape index (κ3) is 3.25. The monoisotopic (exact) mass is 267 g/mol. The highest BCUT2D eigenvalue weighted by Crippen LogP contribution is 2.14. The number of hydrogen-bond donors (Lipinski definition) is 1. The van der Waals surface area contributed by atoms with E-state index in [2.05, 4.69) is 15.5 Å². The van der Waals surface area contributed by atoms with Gasteiger partial charge in [0, 0.05) is 6.54 Å². The Morgan fingerprint density at radius 2 is 2.06 bits per heavy atom. The van der Waals surface area contributed by atoms with Gasteiger partial charge in [0.2, 0.25) is 9.47 Å². The zero-order valence-corrected chi connectivity index (χ0v) is 10.7. The Labute approximate surface area is 108 Å². The van der Waals surface area contributed by atoms with Gasteiger partial charge in [0.05, 0.1) is 0 Å². The van der Waals surface area contributed by atoms with Crippen LogP contribution in [0.3, 0.4) is 0 Å². The van der Waals surface area contributed by atoms with Gasteiger partial charge in [-0.2, -0.15) is 0 Å². The van der Waals surface area contributed by atoms with Gasteiger partial charge in [0.1, 0.15) is 0 Å². The van der Waals surface area contributed by atoms with Crippen molar-refractivity contribution in [3.63, 3.8) is 0 Å². The summed E-state index contributed by atoms with van der Waals surface area (Å²) in [6, 6.07) is 7.96. The normalized spacial score (nSPS) is 10.2. The van der Waals surface area contributed by atoms with E-state index in [0.717, 1.165) is 16.9 Å². The molecule has 1 aromatic carbocycles. The van der Waals surface area contributed by atoms with E-state index in [1.54, 1.807) is 0 Å². The van der Waals surface area contributed by atoms with E-state index in [0.29, 0.717) is 6.54 Å². The second-order valence-electron chi connectivity index (χ2n) is 3.53. The van der Waals surface area contributed by atoms with E-state index in [4.69, 9.17) is 11.6 Å². The molecule has 0 spiro atoms. The van der Waals surface area contributed by atoms with Crippen molar-refractivity contribution in [2.45, 2.75) is 13.5 Å². The molecule has 1 N–H and O–H groups in total. The number of aryl methyl sites for hydroxylation is 1. The Bertz CT molecular complexity index is 524. The lowest BCUT2D eigenvalue weighted by Crippen LogP contribution is -2.22. The van der Waals surface area contributed by atoms with Crippen molar-refractivity contribution in [3.05, 3.63) is 44.9 Å². The first-order valence-electron chi connectivity index (χ1n) is 4.98. The number of aromatic nitrogens is 2. The largest absolute Gasteiger partial charge is 0.346 e. The molecule has 0 aliphatic carbocycles. The van der Waals surface area contributed by atoms with Crippen molar-refractivity contribution < 1.29 is 4.79 Å². The lowest BCUT2D eigenvalue weighted by Gasteiger charge is -2.03. The van der Waals surface area contributed by atoms with Gasteiger partial charge in [-0.15, -0.1) is 10.2 Å². The quantitative estimate of drug-likeness (QED) is 0.929. The minimum atomic E-state index is -0.255. The van der Waals surface area contributed by atoms with E-state index in [1.165, 1.54) is 5.56 Å². The predicted octanol–water partition coefficient (Wildman–Crippen LogP) is 2.43. The Kier molecular flexibility index (Phi) is 3.71. The number of hydrogen-bond acceptors (Lipinski definition) is 4. The molecule has 0 fully saturated rings. The zero-order chi connectivity index (χ0) is 12.3. The fourth-order valence-electron chi connectivity index (χ4n) is 1.26. The molecule has 88 valence electrons. The van der Waals surface area contributed by atoms with Crippen LogP contribution in [0.5, 0.6) is 0 Å². The maximum Gasteiger partial charge on any atom is 0.282 e. The minimum absolute atomic E-state index is 0.255. The van der Waals surface area contributed by atoms with Gasteiger partial charge in [0.25, 0.3) is 5.91 Å².